The number of hydrogen-bond acceptors (Lipinski definition) is 2. The minimum absolute atomic E-state index is 0.125. The zero-order valence-electron chi connectivity index (χ0n) is 13.1. The number of carbonyl (C=O) groups is 1. The van der Waals surface area contributed by atoms with E-state index in [4.69, 9.17) is 9.79 Å². The van der Waals surface area contributed by atoms with Crippen LogP contribution in [0.5, 0.6) is 0 Å². The van der Waals surface area contributed by atoms with Crippen LogP contribution in [-0.2, 0) is 9.36 Å². The molecule has 0 saturated carbocycles. The molecule has 0 radical (unpaired) electrons. The Hall–Kier alpha value is -2.00. The Morgan fingerprint density at radius 1 is 0.957 bits per heavy atom. The van der Waals surface area contributed by atoms with E-state index in [1.807, 2.05) is 12.1 Å². The molecule has 0 heterocycles. The van der Waals surface area contributed by atoms with Gasteiger partial charge < -0.3 is 9.79 Å². The van der Waals surface area contributed by atoms with Crippen LogP contribution < -0.4 is 0 Å². The molecule has 122 valence electrons. The van der Waals surface area contributed by atoms with Crippen molar-refractivity contribution >= 4 is 13.4 Å². The van der Waals surface area contributed by atoms with Crippen molar-refractivity contribution in [3.8, 4) is 11.1 Å². The van der Waals surface area contributed by atoms with Gasteiger partial charge in [-0.1, -0.05) is 67.2 Å². The van der Waals surface area contributed by atoms with Crippen molar-refractivity contribution < 1.29 is 19.1 Å². The molecule has 0 fully saturated rings. The lowest BCUT2D eigenvalue weighted by Crippen LogP contribution is -2.01. The van der Waals surface area contributed by atoms with E-state index in [1.54, 1.807) is 0 Å². The molecule has 0 amide bonds. The van der Waals surface area contributed by atoms with E-state index in [9.17, 15) is 9.36 Å². The van der Waals surface area contributed by atoms with Gasteiger partial charge in [0, 0.05) is 6.42 Å². The van der Waals surface area contributed by atoms with Crippen LogP contribution in [0, 0.1) is 0 Å². The highest BCUT2D eigenvalue weighted by atomic mass is 31.2. The van der Waals surface area contributed by atoms with E-state index >= 15 is 0 Å². The summed E-state index contributed by atoms with van der Waals surface area (Å²) in [5.41, 5.74) is 2.88. The highest BCUT2D eigenvalue weighted by Crippen LogP contribution is 2.35. The Kier molecular flexibility index (Phi) is 7.63. The third-order valence-corrected chi connectivity index (χ3v) is 3.79. The van der Waals surface area contributed by atoms with Crippen LogP contribution in [0.3, 0.4) is 0 Å². The molecule has 0 bridgehead atoms. The number of hydrogen-bond donors (Lipinski definition) is 2. The zero-order valence-corrected chi connectivity index (χ0v) is 13.9. The summed E-state index contributed by atoms with van der Waals surface area (Å²) in [6, 6.07) is 20.8. The lowest BCUT2D eigenvalue weighted by molar-refractivity contribution is -0.115. The zero-order chi connectivity index (χ0) is 17.3. The summed E-state index contributed by atoms with van der Waals surface area (Å²) in [7, 11) is -4.02. The number of benzene rings is 2. The fourth-order valence-electron chi connectivity index (χ4n) is 1.72. The summed E-state index contributed by atoms with van der Waals surface area (Å²) in [4.78, 5) is 27.5. The number of rotatable bonds is 5. The molecule has 2 aromatic carbocycles. The standard InChI is InChI=1S/C12H10.C6H11O4P/c1-3-7-11(8-4-1)12-9-5-2-6-10-12;1-5(2)6(7)3-4-11(8,9)10/h1-10H;1,3-4H2,2H3,(H2,8,9,10). The van der Waals surface area contributed by atoms with Gasteiger partial charge >= 0.3 is 7.60 Å². The number of ketones is 1. The van der Waals surface area contributed by atoms with Gasteiger partial charge in [0.1, 0.15) is 0 Å². The van der Waals surface area contributed by atoms with Crippen molar-refractivity contribution in [3.05, 3.63) is 72.8 Å². The molecule has 23 heavy (non-hydrogen) atoms. The maximum Gasteiger partial charge on any atom is 0.326 e. The van der Waals surface area contributed by atoms with Gasteiger partial charge in [0.15, 0.2) is 5.78 Å². The second kappa shape index (κ2) is 9.21. The van der Waals surface area contributed by atoms with Gasteiger partial charge in [-0.2, -0.15) is 0 Å². The minimum Gasteiger partial charge on any atom is -0.324 e. The first kappa shape index (κ1) is 19.0. The molecule has 2 N–H and O–H groups in total. The van der Waals surface area contributed by atoms with Crippen molar-refractivity contribution in [3.63, 3.8) is 0 Å². The van der Waals surface area contributed by atoms with Gasteiger partial charge in [0.25, 0.3) is 0 Å². The van der Waals surface area contributed by atoms with Crippen molar-refractivity contribution in [2.24, 2.45) is 0 Å². The van der Waals surface area contributed by atoms with Crippen LogP contribution in [0.2, 0.25) is 0 Å². The van der Waals surface area contributed by atoms with Gasteiger partial charge in [0.2, 0.25) is 0 Å². The molecule has 5 heteroatoms. The SMILES string of the molecule is C=C(C)C(=O)CCP(=O)(O)O.c1ccc(-c2ccccc2)cc1. The minimum atomic E-state index is -4.02. The van der Waals surface area contributed by atoms with E-state index in [-0.39, 0.29) is 12.2 Å². The van der Waals surface area contributed by atoms with Crippen molar-refractivity contribution in [2.45, 2.75) is 13.3 Å². The fourth-order valence-corrected chi connectivity index (χ4v) is 2.22. The van der Waals surface area contributed by atoms with E-state index in [0.29, 0.717) is 5.57 Å². The summed E-state index contributed by atoms with van der Waals surface area (Å²) < 4.78 is 10.3. The predicted molar refractivity (Wildman–Crippen MR) is 93.2 cm³/mol. The quantitative estimate of drug-likeness (QED) is 0.640. The number of carbonyl (C=O) groups excluding carboxylic acids is 1. The Morgan fingerprint density at radius 3 is 1.65 bits per heavy atom. The predicted octanol–water partition coefficient (Wildman–Crippen LogP) is 4.05. The Balaban J connectivity index is 0.000000232. The second-order valence-corrected chi connectivity index (χ2v) is 6.85. The Morgan fingerprint density at radius 2 is 1.35 bits per heavy atom. The summed E-state index contributed by atoms with van der Waals surface area (Å²) in [6.07, 6.45) is -0.516. The monoisotopic (exact) mass is 332 g/mol. The fraction of sp³-hybridized carbons (Fsp3) is 0.167. The molecule has 2 aromatic rings. The first-order valence-corrected chi connectivity index (χ1v) is 8.93. The van der Waals surface area contributed by atoms with Gasteiger partial charge in [0.05, 0.1) is 6.16 Å². The summed E-state index contributed by atoms with van der Waals surface area (Å²) in [5.74, 6) is -0.298. The van der Waals surface area contributed by atoms with E-state index in [2.05, 4.69) is 55.1 Å². The molecule has 0 aliphatic rings. The normalized spacial score (nSPS) is 10.4. The van der Waals surface area contributed by atoms with Crippen molar-refractivity contribution in [2.75, 3.05) is 6.16 Å². The average molecular weight is 332 g/mol. The molecule has 0 spiro atoms. The molecule has 0 saturated heterocycles. The first-order chi connectivity index (χ1) is 10.8. The molecule has 2 rings (SSSR count). The Labute approximate surface area is 136 Å². The maximum atomic E-state index is 10.7. The molecule has 4 nitrogen and oxygen atoms in total. The third-order valence-electron chi connectivity index (χ3n) is 2.99. The van der Waals surface area contributed by atoms with Gasteiger partial charge in [-0.25, -0.2) is 0 Å². The third kappa shape index (κ3) is 8.27. The first-order valence-electron chi connectivity index (χ1n) is 7.13. The lowest BCUT2D eigenvalue weighted by Gasteiger charge is -2.01. The van der Waals surface area contributed by atoms with Crippen LogP contribution in [-0.4, -0.2) is 21.7 Å². The smallest absolute Gasteiger partial charge is 0.324 e. The summed E-state index contributed by atoms with van der Waals surface area (Å²) >= 11 is 0. The molecular weight excluding hydrogens is 311 g/mol. The highest BCUT2D eigenvalue weighted by molar-refractivity contribution is 7.51. The van der Waals surface area contributed by atoms with E-state index in [0.717, 1.165) is 0 Å². The Bertz CT molecular complexity index is 637. The average Bonchev–Trinajstić information content (AvgIpc) is 2.54. The number of allylic oxidation sites excluding steroid dienone is 1. The molecule has 0 atom stereocenters. The summed E-state index contributed by atoms with van der Waals surface area (Å²) in [6.45, 7) is 4.87. The van der Waals surface area contributed by atoms with Crippen molar-refractivity contribution in [1.29, 1.82) is 0 Å². The maximum absolute atomic E-state index is 10.7. The number of Topliss-reactive ketones (excluding diaryl/α,β-unsaturated/α-hetero) is 1. The molecule has 0 aromatic heterocycles. The summed E-state index contributed by atoms with van der Waals surface area (Å²) in [5, 5.41) is 0. The van der Waals surface area contributed by atoms with Crippen molar-refractivity contribution in [1.82, 2.24) is 0 Å². The molecular formula is C18H21O4P. The van der Waals surface area contributed by atoms with E-state index < -0.39 is 13.8 Å². The molecule has 0 aliphatic heterocycles. The van der Waals surface area contributed by atoms with Gasteiger partial charge in [-0.05, 0) is 23.6 Å². The van der Waals surface area contributed by atoms with Gasteiger partial charge in [-0.15, -0.1) is 0 Å². The van der Waals surface area contributed by atoms with Crippen LogP contribution in [0.15, 0.2) is 72.8 Å². The highest BCUT2D eigenvalue weighted by Gasteiger charge is 2.15. The van der Waals surface area contributed by atoms with Crippen LogP contribution in [0.1, 0.15) is 13.3 Å². The second-order valence-electron chi connectivity index (χ2n) is 5.07. The van der Waals surface area contributed by atoms with Gasteiger partial charge in [-0.3, -0.25) is 9.36 Å². The topological polar surface area (TPSA) is 74.6 Å². The van der Waals surface area contributed by atoms with Crippen LogP contribution >= 0.6 is 7.60 Å². The van der Waals surface area contributed by atoms with E-state index in [1.165, 1.54) is 18.1 Å². The molecule has 0 aliphatic carbocycles. The molecule has 0 unspecified atom stereocenters. The largest absolute Gasteiger partial charge is 0.326 e. The van der Waals surface area contributed by atoms with Crippen LogP contribution in [0.25, 0.3) is 11.1 Å². The van der Waals surface area contributed by atoms with Crippen LogP contribution in [0.4, 0.5) is 0 Å². The lowest BCUT2D eigenvalue weighted by atomic mass is 10.1.